The predicted octanol–water partition coefficient (Wildman–Crippen LogP) is 1.74. The maximum absolute atomic E-state index is 12.8. The zero-order valence-corrected chi connectivity index (χ0v) is 19.2. The number of carbonyl (C=O) groups is 2. The second kappa shape index (κ2) is 10.5. The molecule has 1 aliphatic carbocycles. The van der Waals surface area contributed by atoms with E-state index >= 15 is 0 Å². The second-order valence-electron chi connectivity index (χ2n) is 8.50. The number of nitrogens with one attached hydrogen (secondary N) is 2. The van der Waals surface area contributed by atoms with Gasteiger partial charge in [-0.05, 0) is 56.2 Å². The number of esters is 1. The van der Waals surface area contributed by atoms with Gasteiger partial charge in [-0.3, -0.25) is 9.59 Å². The Hall–Kier alpha value is -2.13. The molecule has 2 aliphatic rings. The van der Waals surface area contributed by atoms with E-state index in [-0.39, 0.29) is 22.8 Å². The molecule has 1 aliphatic heterocycles. The molecule has 2 N–H and O–H groups in total. The average Bonchev–Trinajstić information content (AvgIpc) is 2.78. The number of anilines is 1. The molecule has 1 heterocycles. The third-order valence-electron chi connectivity index (χ3n) is 6.25. The number of hydrogen-bond donors (Lipinski definition) is 2. The fourth-order valence-electron chi connectivity index (χ4n) is 4.41. The molecule has 0 spiro atoms. The minimum absolute atomic E-state index is 0.0661. The van der Waals surface area contributed by atoms with Crippen LogP contribution in [0.3, 0.4) is 0 Å². The van der Waals surface area contributed by atoms with Crippen molar-refractivity contribution in [3.63, 3.8) is 0 Å². The Morgan fingerprint density at radius 3 is 2.45 bits per heavy atom. The van der Waals surface area contributed by atoms with Gasteiger partial charge in [0.2, 0.25) is 0 Å². The van der Waals surface area contributed by atoms with Gasteiger partial charge in [0.25, 0.3) is 5.91 Å². The fraction of sp³-hybridized carbons (Fsp3) is 0.636. The number of methoxy groups -OCH3 is 1. The SMILES string of the molecule is COC(=O)CCC1CCC(NC(=O)c2ccc(N3CCNCC3)c(S(C)(=O)=O)c2)CC1. The van der Waals surface area contributed by atoms with Crippen LogP contribution in [0.15, 0.2) is 23.1 Å². The number of nitrogens with zero attached hydrogens (tertiary/aromatic N) is 1. The highest BCUT2D eigenvalue weighted by molar-refractivity contribution is 7.90. The molecule has 0 aromatic heterocycles. The van der Waals surface area contributed by atoms with Crippen LogP contribution >= 0.6 is 0 Å². The summed E-state index contributed by atoms with van der Waals surface area (Å²) in [4.78, 5) is 26.4. The van der Waals surface area contributed by atoms with E-state index in [1.807, 2.05) is 4.90 Å². The normalized spacial score (nSPS) is 22.1. The van der Waals surface area contributed by atoms with Crippen LogP contribution in [-0.4, -0.2) is 65.9 Å². The minimum Gasteiger partial charge on any atom is -0.469 e. The Kier molecular flexibility index (Phi) is 7.94. The van der Waals surface area contributed by atoms with E-state index in [1.165, 1.54) is 19.4 Å². The van der Waals surface area contributed by atoms with Crippen molar-refractivity contribution in [1.29, 1.82) is 0 Å². The van der Waals surface area contributed by atoms with Crippen molar-refractivity contribution in [1.82, 2.24) is 10.6 Å². The maximum atomic E-state index is 12.8. The van der Waals surface area contributed by atoms with E-state index < -0.39 is 9.84 Å². The highest BCUT2D eigenvalue weighted by atomic mass is 32.2. The lowest BCUT2D eigenvalue weighted by Crippen LogP contribution is -2.44. The number of amides is 1. The third-order valence-corrected chi connectivity index (χ3v) is 7.37. The molecule has 0 bridgehead atoms. The molecule has 31 heavy (non-hydrogen) atoms. The number of benzene rings is 1. The molecule has 1 saturated carbocycles. The lowest BCUT2D eigenvalue weighted by molar-refractivity contribution is -0.141. The molecule has 1 amide bonds. The standard InChI is InChI=1S/C22H33N3O5S/c1-30-21(26)10-5-16-3-7-18(8-4-16)24-22(27)17-6-9-19(20(15-17)31(2,28)29)25-13-11-23-12-14-25/h6,9,15-16,18,23H,3-5,7-8,10-14H2,1-2H3,(H,24,27). The van der Waals surface area contributed by atoms with Crippen LogP contribution in [0.25, 0.3) is 0 Å². The number of hydrogen-bond acceptors (Lipinski definition) is 7. The molecular weight excluding hydrogens is 418 g/mol. The quantitative estimate of drug-likeness (QED) is 0.609. The van der Waals surface area contributed by atoms with Gasteiger partial charge in [-0.15, -0.1) is 0 Å². The highest BCUT2D eigenvalue weighted by Crippen LogP contribution is 2.29. The van der Waals surface area contributed by atoms with Crippen LogP contribution in [0.5, 0.6) is 0 Å². The summed E-state index contributed by atoms with van der Waals surface area (Å²) < 4.78 is 29.5. The first-order chi connectivity index (χ1) is 14.8. The molecule has 8 nitrogen and oxygen atoms in total. The van der Waals surface area contributed by atoms with Gasteiger partial charge in [-0.1, -0.05) is 0 Å². The molecule has 1 aromatic rings. The van der Waals surface area contributed by atoms with Gasteiger partial charge < -0.3 is 20.3 Å². The lowest BCUT2D eigenvalue weighted by Gasteiger charge is -2.31. The summed E-state index contributed by atoms with van der Waals surface area (Å²) in [5, 5.41) is 6.32. The van der Waals surface area contributed by atoms with Crippen molar-refractivity contribution in [2.45, 2.75) is 49.5 Å². The summed E-state index contributed by atoms with van der Waals surface area (Å²) in [6, 6.07) is 5.03. The number of ether oxygens (including phenoxy) is 1. The second-order valence-corrected chi connectivity index (χ2v) is 10.5. The number of sulfone groups is 1. The summed E-state index contributed by atoms with van der Waals surface area (Å²) in [6.07, 6.45) is 6.07. The Bertz CT molecular complexity index is 888. The highest BCUT2D eigenvalue weighted by Gasteiger charge is 2.25. The summed E-state index contributed by atoms with van der Waals surface area (Å²) >= 11 is 0. The van der Waals surface area contributed by atoms with Crippen LogP contribution in [0.1, 0.15) is 48.9 Å². The van der Waals surface area contributed by atoms with Crippen molar-refractivity contribution in [2.24, 2.45) is 5.92 Å². The van der Waals surface area contributed by atoms with Crippen LogP contribution in [0.4, 0.5) is 5.69 Å². The molecule has 2 fully saturated rings. The van der Waals surface area contributed by atoms with Gasteiger partial charge in [0.1, 0.15) is 0 Å². The molecule has 0 unspecified atom stereocenters. The molecule has 3 rings (SSSR count). The van der Waals surface area contributed by atoms with Gasteiger partial charge in [0.15, 0.2) is 9.84 Å². The van der Waals surface area contributed by atoms with Crippen LogP contribution in [-0.2, 0) is 19.4 Å². The monoisotopic (exact) mass is 451 g/mol. The molecule has 172 valence electrons. The van der Waals surface area contributed by atoms with Gasteiger partial charge in [0.05, 0.1) is 17.7 Å². The molecule has 1 aromatic carbocycles. The molecule has 0 atom stereocenters. The molecule has 9 heteroatoms. The maximum Gasteiger partial charge on any atom is 0.305 e. The minimum atomic E-state index is -3.47. The van der Waals surface area contributed by atoms with Gasteiger partial charge >= 0.3 is 5.97 Å². The fourth-order valence-corrected chi connectivity index (χ4v) is 5.33. The van der Waals surface area contributed by atoms with E-state index in [1.54, 1.807) is 12.1 Å². The first-order valence-corrected chi connectivity index (χ1v) is 12.8. The largest absolute Gasteiger partial charge is 0.469 e. The van der Waals surface area contributed by atoms with Gasteiger partial charge in [-0.25, -0.2) is 8.42 Å². The van der Waals surface area contributed by atoms with Crippen molar-refractivity contribution in [2.75, 3.05) is 44.4 Å². The summed E-state index contributed by atoms with van der Waals surface area (Å²) in [5.74, 6) is 0.0542. The number of rotatable bonds is 7. The summed E-state index contributed by atoms with van der Waals surface area (Å²) in [5.41, 5.74) is 1.03. The van der Waals surface area contributed by atoms with E-state index in [2.05, 4.69) is 10.6 Å². The first-order valence-electron chi connectivity index (χ1n) is 11.0. The summed E-state index contributed by atoms with van der Waals surface area (Å²) in [6.45, 7) is 3.06. The lowest BCUT2D eigenvalue weighted by atomic mass is 9.83. The van der Waals surface area contributed by atoms with Crippen molar-refractivity contribution < 1.29 is 22.7 Å². The zero-order chi connectivity index (χ0) is 22.4. The number of piperazine rings is 1. The average molecular weight is 452 g/mol. The van der Waals surface area contributed by atoms with Crippen LogP contribution in [0.2, 0.25) is 0 Å². The predicted molar refractivity (Wildman–Crippen MR) is 119 cm³/mol. The Labute approximate surface area is 184 Å². The summed E-state index contributed by atoms with van der Waals surface area (Å²) in [7, 11) is -2.07. The van der Waals surface area contributed by atoms with Gasteiger partial charge in [0, 0.05) is 50.5 Å². The van der Waals surface area contributed by atoms with E-state index in [0.717, 1.165) is 58.3 Å². The van der Waals surface area contributed by atoms with Crippen LogP contribution in [0, 0.1) is 5.92 Å². The smallest absolute Gasteiger partial charge is 0.305 e. The topological polar surface area (TPSA) is 105 Å². The van der Waals surface area contributed by atoms with Crippen LogP contribution < -0.4 is 15.5 Å². The van der Waals surface area contributed by atoms with Crippen molar-refractivity contribution in [3.05, 3.63) is 23.8 Å². The van der Waals surface area contributed by atoms with Crippen molar-refractivity contribution >= 4 is 27.4 Å². The van der Waals surface area contributed by atoms with E-state index in [4.69, 9.17) is 4.74 Å². The van der Waals surface area contributed by atoms with Crippen molar-refractivity contribution in [3.8, 4) is 0 Å². The Morgan fingerprint density at radius 2 is 1.84 bits per heavy atom. The molecule has 1 saturated heterocycles. The van der Waals surface area contributed by atoms with E-state index in [9.17, 15) is 18.0 Å². The van der Waals surface area contributed by atoms with Gasteiger partial charge in [-0.2, -0.15) is 0 Å². The Morgan fingerprint density at radius 1 is 1.16 bits per heavy atom. The first kappa shape index (κ1) is 23.5. The Balaban J connectivity index is 1.62. The van der Waals surface area contributed by atoms with E-state index in [0.29, 0.717) is 23.6 Å². The third kappa shape index (κ3) is 6.43. The molecule has 0 radical (unpaired) electrons. The molecular formula is C22H33N3O5S. The zero-order valence-electron chi connectivity index (χ0n) is 18.4. The number of carbonyl (C=O) groups excluding carboxylic acids is 2.